The van der Waals surface area contributed by atoms with Crippen molar-refractivity contribution < 1.29 is 23.8 Å². The van der Waals surface area contributed by atoms with Gasteiger partial charge in [0.2, 0.25) is 0 Å². The summed E-state index contributed by atoms with van der Waals surface area (Å²) in [6.45, 7) is 1.97. The molecule has 150 valence electrons. The highest BCUT2D eigenvalue weighted by Gasteiger charge is 2.20. The molecule has 29 heavy (non-hydrogen) atoms. The van der Waals surface area contributed by atoms with E-state index < -0.39 is 5.97 Å². The SMILES string of the molecule is CCOC(=O)Cn1c(C=O)cc(-c2ccc(OC)cc2)c1-c1ccc(OC)cc1. The van der Waals surface area contributed by atoms with Crippen LogP contribution in [0.15, 0.2) is 54.6 Å². The molecule has 2 aromatic carbocycles. The zero-order valence-electron chi connectivity index (χ0n) is 16.7. The molecule has 0 saturated heterocycles. The normalized spacial score (nSPS) is 10.4. The van der Waals surface area contributed by atoms with Crippen LogP contribution in [-0.2, 0) is 16.1 Å². The van der Waals surface area contributed by atoms with Crippen LogP contribution >= 0.6 is 0 Å². The van der Waals surface area contributed by atoms with Gasteiger partial charge < -0.3 is 18.8 Å². The lowest BCUT2D eigenvalue weighted by Gasteiger charge is -2.13. The van der Waals surface area contributed by atoms with Crippen LogP contribution in [0.2, 0.25) is 0 Å². The summed E-state index contributed by atoms with van der Waals surface area (Å²) in [6.07, 6.45) is 0.749. The molecular weight excluding hydrogens is 370 g/mol. The number of aromatic nitrogens is 1. The zero-order chi connectivity index (χ0) is 20.8. The van der Waals surface area contributed by atoms with E-state index in [2.05, 4.69) is 0 Å². The maximum Gasteiger partial charge on any atom is 0.325 e. The number of esters is 1. The molecule has 0 aliphatic rings. The lowest BCUT2D eigenvalue weighted by atomic mass is 10.0. The number of hydrogen-bond donors (Lipinski definition) is 0. The number of hydrogen-bond acceptors (Lipinski definition) is 5. The minimum Gasteiger partial charge on any atom is -0.497 e. The minimum atomic E-state index is -0.401. The second-order valence-electron chi connectivity index (χ2n) is 6.30. The second kappa shape index (κ2) is 9.10. The van der Waals surface area contributed by atoms with E-state index in [1.165, 1.54) is 0 Å². The number of nitrogens with zero attached hydrogens (tertiary/aromatic N) is 1. The maximum atomic E-state index is 12.2. The first-order valence-electron chi connectivity index (χ1n) is 9.24. The van der Waals surface area contributed by atoms with Gasteiger partial charge in [-0.05, 0) is 60.5 Å². The van der Waals surface area contributed by atoms with Gasteiger partial charge in [-0.25, -0.2) is 0 Å². The standard InChI is InChI=1S/C23H23NO5/c1-4-29-22(26)14-24-18(15-25)13-21(16-5-9-19(27-2)10-6-16)23(24)17-7-11-20(28-3)12-8-17/h5-13,15H,4,14H2,1-3H3. The van der Waals surface area contributed by atoms with E-state index in [-0.39, 0.29) is 13.2 Å². The molecule has 0 bridgehead atoms. The fourth-order valence-corrected chi connectivity index (χ4v) is 3.22. The molecule has 0 unspecified atom stereocenters. The van der Waals surface area contributed by atoms with E-state index >= 15 is 0 Å². The van der Waals surface area contributed by atoms with Gasteiger partial charge in [0.15, 0.2) is 6.29 Å². The summed E-state index contributed by atoms with van der Waals surface area (Å²) in [7, 11) is 3.21. The highest BCUT2D eigenvalue weighted by molar-refractivity contribution is 5.89. The minimum absolute atomic E-state index is 0.0561. The molecule has 0 aliphatic carbocycles. The fraction of sp³-hybridized carbons (Fsp3) is 0.217. The molecule has 0 N–H and O–H groups in total. The average Bonchev–Trinajstić information content (AvgIpc) is 3.12. The fourth-order valence-electron chi connectivity index (χ4n) is 3.22. The van der Waals surface area contributed by atoms with Gasteiger partial charge in [0, 0.05) is 5.56 Å². The van der Waals surface area contributed by atoms with Crippen molar-refractivity contribution in [2.75, 3.05) is 20.8 Å². The summed E-state index contributed by atoms with van der Waals surface area (Å²) in [5.74, 6) is 1.06. The van der Waals surface area contributed by atoms with Crippen molar-refractivity contribution in [3.63, 3.8) is 0 Å². The van der Waals surface area contributed by atoms with Gasteiger partial charge >= 0.3 is 5.97 Å². The molecule has 0 saturated carbocycles. The number of rotatable bonds is 8. The molecule has 3 rings (SSSR count). The van der Waals surface area contributed by atoms with E-state index in [0.717, 1.165) is 40.2 Å². The van der Waals surface area contributed by atoms with Crippen LogP contribution in [0.5, 0.6) is 11.5 Å². The Morgan fingerprint density at radius 2 is 1.48 bits per heavy atom. The Balaban J connectivity index is 2.18. The predicted molar refractivity (Wildman–Crippen MR) is 110 cm³/mol. The quantitative estimate of drug-likeness (QED) is 0.424. The number of benzene rings is 2. The number of methoxy groups -OCH3 is 2. The summed E-state index contributed by atoms with van der Waals surface area (Å²) in [5.41, 5.74) is 3.75. The van der Waals surface area contributed by atoms with Crippen molar-refractivity contribution in [3.8, 4) is 33.9 Å². The van der Waals surface area contributed by atoms with E-state index in [1.54, 1.807) is 31.8 Å². The van der Waals surface area contributed by atoms with Gasteiger partial charge in [0.1, 0.15) is 18.0 Å². The van der Waals surface area contributed by atoms with Crippen LogP contribution in [0.1, 0.15) is 17.4 Å². The highest BCUT2D eigenvalue weighted by Crippen LogP contribution is 2.36. The molecule has 0 radical (unpaired) electrons. The number of ether oxygens (including phenoxy) is 3. The van der Waals surface area contributed by atoms with Crippen molar-refractivity contribution in [2.24, 2.45) is 0 Å². The van der Waals surface area contributed by atoms with Crippen LogP contribution in [0.4, 0.5) is 0 Å². The average molecular weight is 393 g/mol. The monoisotopic (exact) mass is 393 g/mol. The molecule has 3 aromatic rings. The van der Waals surface area contributed by atoms with E-state index in [4.69, 9.17) is 14.2 Å². The Morgan fingerprint density at radius 3 is 1.97 bits per heavy atom. The Bertz CT molecular complexity index is 987. The van der Waals surface area contributed by atoms with E-state index in [9.17, 15) is 9.59 Å². The first-order valence-corrected chi connectivity index (χ1v) is 9.24. The summed E-state index contributed by atoms with van der Waals surface area (Å²) >= 11 is 0. The largest absolute Gasteiger partial charge is 0.497 e. The molecule has 1 aromatic heterocycles. The first kappa shape index (κ1) is 20.2. The Kier molecular flexibility index (Phi) is 6.34. The molecular formula is C23H23NO5. The van der Waals surface area contributed by atoms with Crippen LogP contribution < -0.4 is 9.47 Å². The van der Waals surface area contributed by atoms with Crippen molar-refractivity contribution in [1.82, 2.24) is 4.57 Å². The summed E-state index contributed by atoms with van der Waals surface area (Å²) < 4.78 is 17.3. The second-order valence-corrected chi connectivity index (χ2v) is 6.30. The van der Waals surface area contributed by atoms with Crippen molar-refractivity contribution in [1.29, 1.82) is 0 Å². The Labute approximate surface area is 169 Å². The van der Waals surface area contributed by atoms with E-state index in [1.807, 2.05) is 48.5 Å². The summed E-state index contributed by atoms with van der Waals surface area (Å²) in [4.78, 5) is 24.0. The van der Waals surface area contributed by atoms with Gasteiger partial charge in [-0.15, -0.1) is 0 Å². The van der Waals surface area contributed by atoms with Crippen molar-refractivity contribution in [3.05, 3.63) is 60.3 Å². The lowest BCUT2D eigenvalue weighted by molar-refractivity contribution is -0.143. The summed E-state index contributed by atoms with van der Waals surface area (Å²) in [5, 5.41) is 0. The molecule has 0 spiro atoms. The summed E-state index contributed by atoms with van der Waals surface area (Å²) in [6, 6.07) is 16.8. The first-order chi connectivity index (χ1) is 14.1. The number of carbonyl (C=O) groups excluding carboxylic acids is 2. The Morgan fingerprint density at radius 1 is 0.931 bits per heavy atom. The van der Waals surface area contributed by atoms with Gasteiger partial charge in [0.05, 0.1) is 32.2 Å². The maximum absolute atomic E-state index is 12.2. The third-order valence-electron chi connectivity index (χ3n) is 4.61. The zero-order valence-corrected chi connectivity index (χ0v) is 16.7. The third kappa shape index (κ3) is 4.32. The number of aldehydes is 1. The third-order valence-corrected chi connectivity index (χ3v) is 4.61. The van der Waals surface area contributed by atoms with Gasteiger partial charge in [0.25, 0.3) is 0 Å². The van der Waals surface area contributed by atoms with Crippen molar-refractivity contribution >= 4 is 12.3 Å². The van der Waals surface area contributed by atoms with Crippen LogP contribution in [0.3, 0.4) is 0 Å². The van der Waals surface area contributed by atoms with E-state index in [0.29, 0.717) is 5.69 Å². The number of carbonyl (C=O) groups is 2. The molecule has 1 heterocycles. The molecule has 0 aliphatic heterocycles. The van der Waals surface area contributed by atoms with Crippen LogP contribution in [-0.4, -0.2) is 37.6 Å². The molecule has 6 heteroatoms. The smallest absolute Gasteiger partial charge is 0.325 e. The van der Waals surface area contributed by atoms with Gasteiger partial charge in [-0.2, -0.15) is 0 Å². The topological polar surface area (TPSA) is 66.8 Å². The van der Waals surface area contributed by atoms with Crippen molar-refractivity contribution in [2.45, 2.75) is 13.5 Å². The molecule has 0 amide bonds. The van der Waals surface area contributed by atoms with Gasteiger partial charge in [-0.1, -0.05) is 12.1 Å². The molecule has 6 nitrogen and oxygen atoms in total. The van der Waals surface area contributed by atoms with Gasteiger partial charge in [-0.3, -0.25) is 9.59 Å². The molecule has 0 atom stereocenters. The predicted octanol–water partition coefficient (Wildman–Crippen LogP) is 4.21. The lowest BCUT2D eigenvalue weighted by Crippen LogP contribution is -2.16. The van der Waals surface area contributed by atoms with Crippen LogP contribution in [0.25, 0.3) is 22.4 Å². The Hall–Kier alpha value is -3.54. The highest BCUT2D eigenvalue weighted by atomic mass is 16.5. The molecule has 0 fully saturated rings. The van der Waals surface area contributed by atoms with Crippen LogP contribution in [0, 0.1) is 0 Å².